The lowest BCUT2D eigenvalue weighted by Crippen LogP contribution is -2.07. The Morgan fingerprint density at radius 2 is 1.59 bits per heavy atom. The van der Waals surface area contributed by atoms with Crippen LogP contribution in [0.15, 0.2) is 78.9 Å². The molecule has 0 unspecified atom stereocenters. The number of hydrogen-bond acceptors (Lipinski definition) is 2. The van der Waals surface area contributed by atoms with Gasteiger partial charge in [0.15, 0.2) is 0 Å². The highest BCUT2D eigenvalue weighted by molar-refractivity contribution is 5.79. The second-order valence-corrected chi connectivity index (χ2v) is 6.20. The van der Waals surface area contributed by atoms with Crippen molar-refractivity contribution in [1.29, 1.82) is 0 Å². The van der Waals surface area contributed by atoms with Crippen LogP contribution in [0.4, 0.5) is 24.8 Å². The maximum absolute atomic E-state index is 13.0. The third kappa shape index (κ3) is 3.65. The van der Waals surface area contributed by atoms with Crippen molar-refractivity contribution in [3.8, 4) is 0 Å². The molecule has 0 bridgehead atoms. The van der Waals surface area contributed by atoms with Crippen LogP contribution < -0.4 is 5.32 Å². The summed E-state index contributed by atoms with van der Waals surface area (Å²) in [5.74, 6) is 0.499. The molecule has 0 radical (unpaired) electrons. The number of benzene rings is 3. The molecule has 0 aliphatic heterocycles. The smallest absolute Gasteiger partial charge is 0.326 e. The van der Waals surface area contributed by atoms with Crippen molar-refractivity contribution in [2.45, 2.75) is 12.7 Å². The van der Waals surface area contributed by atoms with Gasteiger partial charge in [-0.15, -0.1) is 0 Å². The van der Waals surface area contributed by atoms with Gasteiger partial charge in [0.25, 0.3) is 0 Å². The van der Waals surface area contributed by atoms with E-state index in [4.69, 9.17) is 0 Å². The van der Waals surface area contributed by atoms with Crippen molar-refractivity contribution in [3.05, 3.63) is 90.0 Å². The van der Waals surface area contributed by atoms with E-state index in [1.54, 1.807) is 6.07 Å². The molecule has 4 rings (SSSR count). The molecular formula is C21H16F3N3. The van der Waals surface area contributed by atoms with E-state index < -0.39 is 11.7 Å². The first-order valence-electron chi connectivity index (χ1n) is 8.44. The molecule has 3 nitrogen and oxygen atoms in total. The van der Waals surface area contributed by atoms with Gasteiger partial charge in [0.1, 0.15) is 0 Å². The SMILES string of the molecule is FC(F)(F)c1cccc(Nc2nc3ccccc3n2Cc2ccccc2)c1. The molecule has 27 heavy (non-hydrogen) atoms. The zero-order chi connectivity index (χ0) is 18.9. The molecule has 0 amide bonds. The van der Waals surface area contributed by atoms with Crippen LogP contribution in [0.2, 0.25) is 0 Å². The Balaban J connectivity index is 1.74. The third-order valence-corrected chi connectivity index (χ3v) is 4.28. The molecule has 0 atom stereocenters. The summed E-state index contributed by atoms with van der Waals surface area (Å²) in [6.45, 7) is 0.558. The number of aromatic nitrogens is 2. The summed E-state index contributed by atoms with van der Waals surface area (Å²) < 4.78 is 40.9. The van der Waals surface area contributed by atoms with Crippen LogP contribution in [0.3, 0.4) is 0 Å². The Morgan fingerprint density at radius 1 is 0.852 bits per heavy atom. The van der Waals surface area contributed by atoms with E-state index in [1.165, 1.54) is 6.07 Å². The fourth-order valence-corrected chi connectivity index (χ4v) is 3.00. The first-order chi connectivity index (χ1) is 13.0. The number of hydrogen-bond donors (Lipinski definition) is 1. The van der Waals surface area contributed by atoms with Gasteiger partial charge in [0, 0.05) is 5.69 Å². The molecular weight excluding hydrogens is 351 g/mol. The van der Waals surface area contributed by atoms with Crippen LogP contribution >= 0.6 is 0 Å². The fourth-order valence-electron chi connectivity index (χ4n) is 3.00. The number of nitrogens with zero attached hydrogens (tertiary/aromatic N) is 2. The number of fused-ring (bicyclic) bond motifs is 1. The molecule has 136 valence electrons. The highest BCUT2D eigenvalue weighted by Gasteiger charge is 2.30. The van der Waals surface area contributed by atoms with Crippen molar-refractivity contribution in [3.63, 3.8) is 0 Å². The van der Waals surface area contributed by atoms with Crippen LogP contribution in [0.5, 0.6) is 0 Å². The van der Waals surface area contributed by atoms with Gasteiger partial charge in [-0.1, -0.05) is 48.5 Å². The molecule has 3 aromatic carbocycles. The number of halogens is 3. The van der Waals surface area contributed by atoms with Crippen LogP contribution in [0.1, 0.15) is 11.1 Å². The van der Waals surface area contributed by atoms with Gasteiger partial charge in [-0.05, 0) is 35.9 Å². The predicted octanol–water partition coefficient (Wildman–Crippen LogP) is 5.85. The Hall–Kier alpha value is -3.28. The minimum absolute atomic E-state index is 0.342. The molecule has 0 saturated carbocycles. The number of imidazole rings is 1. The molecule has 0 saturated heterocycles. The Kier molecular flexibility index (Phi) is 4.32. The topological polar surface area (TPSA) is 29.9 Å². The van der Waals surface area contributed by atoms with E-state index in [0.717, 1.165) is 28.7 Å². The molecule has 0 aliphatic carbocycles. The van der Waals surface area contributed by atoms with E-state index in [2.05, 4.69) is 10.3 Å². The van der Waals surface area contributed by atoms with Gasteiger partial charge in [0.05, 0.1) is 23.1 Å². The first kappa shape index (κ1) is 17.1. The summed E-state index contributed by atoms with van der Waals surface area (Å²) in [6.07, 6.45) is -4.39. The average molecular weight is 367 g/mol. The average Bonchev–Trinajstić information content (AvgIpc) is 2.99. The first-order valence-corrected chi connectivity index (χ1v) is 8.44. The number of alkyl halides is 3. The maximum atomic E-state index is 13.0. The van der Waals surface area contributed by atoms with Gasteiger partial charge in [-0.2, -0.15) is 13.2 Å². The number of rotatable bonds is 4. The standard InChI is InChI=1S/C21H16F3N3/c22-21(23,24)16-9-6-10-17(13-16)25-20-26-18-11-4-5-12-19(18)27(20)14-15-7-2-1-3-8-15/h1-13H,14H2,(H,25,26). The van der Waals surface area contributed by atoms with E-state index in [-0.39, 0.29) is 0 Å². The van der Waals surface area contributed by atoms with Gasteiger partial charge < -0.3 is 9.88 Å². The number of para-hydroxylation sites is 2. The normalized spacial score (nSPS) is 11.7. The molecule has 1 heterocycles. The van der Waals surface area contributed by atoms with Crippen LogP contribution in [0, 0.1) is 0 Å². The molecule has 4 aromatic rings. The minimum Gasteiger partial charge on any atom is -0.326 e. The van der Waals surface area contributed by atoms with E-state index in [9.17, 15) is 13.2 Å². The lowest BCUT2D eigenvalue weighted by molar-refractivity contribution is -0.137. The second-order valence-electron chi connectivity index (χ2n) is 6.20. The van der Waals surface area contributed by atoms with E-state index in [0.29, 0.717) is 18.2 Å². The van der Waals surface area contributed by atoms with Crippen molar-refractivity contribution in [2.24, 2.45) is 0 Å². The molecule has 0 aliphatic rings. The summed E-state index contributed by atoms with van der Waals surface area (Å²) in [5.41, 5.74) is 2.42. The summed E-state index contributed by atoms with van der Waals surface area (Å²) in [7, 11) is 0. The number of nitrogens with one attached hydrogen (secondary N) is 1. The van der Waals surface area contributed by atoms with E-state index >= 15 is 0 Å². The quantitative estimate of drug-likeness (QED) is 0.491. The molecule has 1 N–H and O–H groups in total. The van der Waals surface area contributed by atoms with Crippen molar-refractivity contribution in [1.82, 2.24) is 9.55 Å². The van der Waals surface area contributed by atoms with E-state index in [1.807, 2.05) is 59.2 Å². The predicted molar refractivity (Wildman–Crippen MR) is 100 cm³/mol. The third-order valence-electron chi connectivity index (χ3n) is 4.28. The summed E-state index contributed by atoms with van der Waals surface area (Å²) >= 11 is 0. The van der Waals surface area contributed by atoms with Gasteiger partial charge in [-0.25, -0.2) is 4.98 Å². The Labute approximate surface area is 154 Å². The summed E-state index contributed by atoms with van der Waals surface area (Å²) in [4.78, 5) is 4.57. The maximum Gasteiger partial charge on any atom is 0.416 e. The zero-order valence-electron chi connectivity index (χ0n) is 14.2. The molecule has 6 heteroatoms. The lowest BCUT2D eigenvalue weighted by Gasteiger charge is -2.13. The monoisotopic (exact) mass is 367 g/mol. The molecule has 1 aromatic heterocycles. The largest absolute Gasteiger partial charge is 0.416 e. The summed E-state index contributed by atoms with van der Waals surface area (Å²) in [6, 6.07) is 22.6. The van der Waals surface area contributed by atoms with Crippen LogP contribution in [-0.2, 0) is 12.7 Å². The Bertz CT molecular complexity index is 1070. The second kappa shape index (κ2) is 6.79. The van der Waals surface area contributed by atoms with Crippen LogP contribution in [-0.4, -0.2) is 9.55 Å². The highest BCUT2D eigenvalue weighted by Crippen LogP contribution is 2.32. The Morgan fingerprint density at radius 3 is 2.37 bits per heavy atom. The lowest BCUT2D eigenvalue weighted by atomic mass is 10.2. The van der Waals surface area contributed by atoms with Gasteiger partial charge in [0.2, 0.25) is 5.95 Å². The summed E-state index contributed by atoms with van der Waals surface area (Å²) in [5, 5.41) is 3.05. The number of anilines is 2. The molecule has 0 spiro atoms. The highest BCUT2D eigenvalue weighted by atomic mass is 19.4. The van der Waals surface area contributed by atoms with Gasteiger partial charge >= 0.3 is 6.18 Å². The molecule has 0 fully saturated rings. The minimum atomic E-state index is -4.39. The van der Waals surface area contributed by atoms with Crippen molar-refractivity contribution in [2.75, 3.05) is 5.32 Å². The van der Waals surface area contributed by atoms with Gasteiger partial charge in [-0.3, -0.25) is 0 Å². The fraction of sp³-hybridized carbons (Fsp3) is 0.0952. The zero-order valence-corrected chi connectivity index (χ0v) is 14.2. The van der Waals surface area contributed by atoms with Crippen molar-refractivity contribution < 1.29 is 13.2 Å². The van der Waals surface area contributed by atoms with Crippen molar-refractivity contribution >= 4 is 22.7 Å². The van der Waals surface area contributed by atoms with Crippen LogP contribution in [0.25, 0.3) is 11.0 Å².